The van der Waals surface area contributed by atoms with Crippen molar-refractivity contribution in [3.8, 4) is 5.75 Å². The van der Waals surface area contributed by atoms with Gasteiger partial charge >= 0.3 is 5.97 Å². The molecule has 2 unspecified atom stereocenters. The lowest BCUT2D eigenvalue weighted by Crippen LogP contribution is -2.55. The third-order valence-corrected chi connectivity index (χ3v) is 3.86. The molecule has 20 heavy (non-hydrogen) atoms. The van der Waals surface area contributed by atoms with Gasteiger partial charge in [-0.05, 0) is 24.1 Å². The Bertz CT molecular complexity index is 447. The van der Waals surface area contributed by atoms with Crippen LogP contribution in [0.3, 0.4) is 0 Å². The molecule has 1 aliphatic rings. The Hall–Kier alpha value is -1.59. The lowest BCUT2D eigenvalue weighted by atomic mass is 9.99. The number of rotatable bonds is 5. The van der Waals surface area contributed by atoms with Crippen LogP contribution in [-0.2, 0) is 4.79 Å². The van der Waals surface area contributed by atoms with Crippen LogP contribution in [0.1, 0.15) is 24.9 Å². The lowest BCUT2D eigenvalue weighted by Gasteiger charge is -2.39. The molecule has 0 amide bonds. The van der Waals surface area contributed by atoms with Crippen molar-refractivity contribution >= 4 is 5.97 Å². The zero-order valence-electron chi connectivity index (χ0n) is 12.0. The minimum Gasteiger partial charge on any atom is -0.497 e. The highest BCUT2D eigenvalue weighted by molar-refractivity contribution is 5.74. The number of benzene rings is 1. The molecule has 0 saturated carbocycles. The fraction of sp³-hybridized carbons (Fsp3) is 0.533. The monoisotopic (exact) mass is 278 g/mol. The second kappa shape index (κ2) is 6.72. The molecule has 1 heterocycles. The summed E-state index contributed by atoms with van der Waals surface area (Å²) in [5.74, 6) is 0.0582. The predicted molar refractivity (Wildman–Crippen MR) is 77.0 cm³/mol. The summed E-state index contributed by atoms with van der Waals surface area (Å²) in [6, 6.07) is 7.56. The maximum absolute atomic E-state index is 11.4. The first kappa shape index (κ1) is 14.8. The van der Waals surface area contributed by atoms with Crippen molar-refractivity contribution in [3.05, 3.63) is 29.8 Å². The summed E-state index contributed by atoms with van der Waals surface area (Å²) in [6.07, 6.45) is 0.885. The number of nitrogens with zero attached hydrogens (tertiary/aromatic N) is 1. The maximum Gasteiger partial charge on any atom is 0.322 e. The number of carboxylic acids is 1. The molecule has 0 spiro atoms. The molecule has 5 nitrogen and oxygen atoms in total. The molecule has 1 fully saturated rings. The third kappa shape index (κ3) is 3.11. The number of carboxylic acid groups (broad SMARTS) is 1. The van der Waals surface area contributed by atoms with Crippen LogP contribution in [0.2, 0.25) is 0 Å². The van der Waals surface area contributed by atoms with Crippen molar-refractivity contribution in [2.75, 3.05) is 26.7 Å². The second-order valence-electron chi connectivity index (χ2n) is 4.99. The van der Waals surface area contributed by atoms with E-state index in [1.54, 1.807) is 7.11 Å². The minimum atomic E-state index is -0.760. The van der Waals surface area contributed by atoms with Gasteiger partial charge < -0.3 is 15.2 Å². The molecule has 1 saturated heterocycles. The SMILES string of the molecule is CCC(c1ccc(OC)cc1)N1CCNCC1C(=O)O. The number of carbonyl (C=O) groups is 1. The smallest absolute Gasteiger partial charge is 0.322 e. The number of ether oxygens (including phenoxy) is 1. The summed E-state index contributed by atoms with van der Waals surface area (Å²) < 4.78 is 5.17. The van der Waals surface area contributed by atoms with Crippen molar-refractivity contribution < 1.29 is 14.6 Å². The van der Waals surface area contributed by atoms with Gasteiger partial charge in [0.1, 0.15) is 11.8 Å². The summed E-state index contributed by atoms with van der Waals surface area (Å²) in [4.78, 5) is 13.5. The first-order valence-electron chi connectivity index (χ1n) is 7.00. The summed E-state index contributed by atoms with van der Waals surface area (Å²) in [5, 5.41) is 12.5. The van der Waals surface area contributed by atoms with Crippen LogP contribution in [0.4, 0.5) is 0 Å². The molecule has 1 aromatic rings. The van der Waals surface area contributed by atoms with Crippen LogP contribution in [0.15, 0.2) is 24.3 Å². The molecule has 2 atom stereocenters. The Kier molecular flexibility index (Phi) is 4.98. The highest BCUT2D eigenvalue weighted by Crippen LogP contribution is 2.28. The summed E-state index contributed by atoms with van der Waals surface area (Å²) >= 11 is 0. The number of piperazine rings is 1. The number of nitrogens with one attached hydrogen (secondary N) is 1. The average Bonchev–Trinajstić information content (AvgIpc) is 2.49. The van der Waals surface area contributed by atoms with Gasteiger partial charge in [-0.2, -0.15) is 0 Å². The van der Waals surface area contributed by atoms with Gasteiger partial charge in [0.05, 0.1) is 7.11 Å². The van der Waals surface area contributed by atoms with E-state index in [-0.39, 0.29) is 6.04 Å². The molecule has 0 radical (unpaired) electrons. The van der Waals surface area contributed by atoms with Crippen LogP contribution in [0, 0.1) is 0 Å². The van der Waals surface area contributed by atoms with Crippen LogP contribution in [0.25, 0.3) is 0 Å². The predicted octanol–water partition coefficient (Wildman–Crippen LogP) is 1.50. The minimum absolute atomic E-state index is 0.129. The molecular weight excluding hydrogens is 256 g/mol. The first-order valence-corrected chi connectivity index (χ1v) is 7.00. The van der Waals surface area contributed by atoms with E-state index < -0.39 is 12.0 Å². The van der Waals surface area contributed by atoms with Crippen LogP contribution in [0.5, 0.6) is 5.75 Å². The van der Waals surface area contributed by atoms with Crippen molar-refractivity contribution in [2.24, 2.45) is 0 Å². The van der Waals surface area contributed by atoms with Gasteiger partial charge in [0.15, 0.2) is 0 Å². The van der Waals surface area contributed by atoms with Crippen molar-refractivity contribution in [1.82, 2.24) is 10.2 Å². The van der Waals surface area contributed by atoms with Crippen molar-refractivity contribution in [3.63, 3.8) is 0 Å². The summed E-state index contributed by atoms with van der Waals surface area (Å²) in [6.45, 7) is 4.18. The third-order valence-electron chi connectivity index (χ3n) is 3.86. The largest absolute Gasteiger partial charge is 0.497 e. The van der Waals surface area contributed by atoms with E-state index in [0.717, 1.165) is 30.8 Å². The van der Waals surface area contributed by atoms with Crippen LogP contribution in [-0.4, -0.2) is 48.8 Å². The van der Waals surface area contributed by atoms with E-state index in [1.165, 1.54) is 0 Å². The number of hydrogen-bond donors (Lipinski definition) is 2. The molecule has 2 N–H and O–H groups in total. The van der Waals surface area contributed by atoms with Gasteiger partial charge in [0.25, 0.3) is 0 Å². The van der Waals surface area contributed by atoms with Gasteiger partial charge in [-0.3, -0.25) is 9.69 Å². The zero-order valence-corrected chi connectivity index (χ0v) is 12.0. The Morgan fingerprint density at radius 1 is 1.50 bits per heavy atom. The highest BCUT2D eigenvalue weighted by atomic mass is 16.5. The van der Waals surface area contributed by atoms with Gasteiger partial charge in [0.2, 0.25) is 0 Å². The van der Waals surface area contributed by atoms with Crippen molar-refractivity contribution in [2.45, 2.75) is 25.4 Å². The van der Waals surface area contributed by atoms with Gasteiger partial charge in [0, 0.05) is 25.7 Å². The van der Waals surface area contributed by atoms with E-state index in [2.05, 4.69) is 17.1 Å². The van der Waals surface area contributed by atoms with Gasteiger partial charge in [-0.25, -0.2) is 0 Å². The molecule has 1 aromatic carbocycles. The highest BCUT2D eigenvalue weighted by Gasteiger charge is 2.33. The summed E-state index contributed by atoms with van der Waals surface area (Å²) in [5.41, 5.74) is 1.14. The Morgan fingerprint density at radius 2 is 2.20 bits per heavy atom. The van der Waals surface area contributed by atoms with Crippen molar-refractivity contribution in [1.29, 1.82) is 0 Å². The quantitative estimate of drug-likeness (QED) is 0.855. The van der Waals surface area contributed by atoms with Crippen LogP contribution < -0.4 is 10.1 Å². The van der Waals surface area contributed by atoms with Crippen LogP contribution >= 0.6 is 0 Å². The normalized spacial score (nSPS) is 21.4. The topological polar surface area (TPSA) is 61.8 Å². The van der Waals surface area contributed by atoms with E-state index in [9.17, 15) is 9.90 Å². The Labute approximate surface area is 119 Å². The molecule has 110 valence electrons. The Balaban J connectivity index is 2.22. The lowest BCUT2D eigenvalue weighted by molar-refractivity contribution is -0.145. The molecule has 0 aromatic heterocycles. The molecule has 2 rings (SSSR count). The summed E-state index contributed by atoms with van der Waals surface area (Å²) in [7, 11) is 1.64. The maximum atomic E-state index is 11.4. The second-order valence-corrected chi connectivity index (χ2v) is 4.99. The van der Waals surface area contributed by atoms with E-state index >= 15 is 0 Å². The molecular formula is C15H22N2O3. The fourth-order valence-corrected chi connectivity index (χ4v) is 2.81. The van der Waals surface area contributed by atoms with E-state index in [0.29, 0.717) is 6.54 Å². The van der Waals surface area contributed by atoms with E-state index in [1.807, 2.05) is 24.3 Å². The number of aliphatic carboxylic acids is 1. The number of hydrogen-bond acceptors (Lipinski definition) is 4. The van der Waals surface area contributed by atoms with E-state index in [4.69, 9.17) is 4.74 Å². The zero-order chi connectivity index (χ0) is 14.5. The molecule has 5 heteroatoms. The first-order chi connectivity index (χ1) is 9.67. The fourth-order valence-electron chi connectivity index (χ4n) is 2.81. The standard InChI is InChI=1S/C15H22N2O3/c1-3-13(11-4-6-12(20-2)7-5-11)17-9-8-16-10-14(17)15(18)19/h4-7,13-14,16H,3,8-10H2,1-2H3,(H,18,19). The van der Waals surface area contributed by atoms with Gasteiger partial charge in [-0.1, -0.05) is 19.1 Å². The Morgan fingerprint density at radius 3 is 2.75 bits per heavy atom. The molecule has 1 aliphatic heterocycles. The van der Waals surface area contributed by atoms with Gasteiger partial charge in [-0.15, -0.1) is 0 Å². The average molecular weight is 278 g/mol. The molecule has 0 bridgehead atoms. The number of methoxy groups -OCH3 is 1. The molecule has 0 aliphatic carbocycles.